The highest BCUT2D eigenvalue weighted by molar-refractivity contribution is 5.30. The van der Waals surface area contributed by atoms with E-state index >= 15 is 0 Å². The summed E-state index contributed by atoms with van der Waals surface area (Å²) in [6.45, 7) is -0.739. The van der Waals surface area contributed by atoms with Gasteiger partial charge in [0.05, 0.1) is 12.2 Å². The molecule has 0 unspecified atom stereocenters. The van der Waals surface area contributed by atoms with Crippen LogP contribution in [0.2, 0.25) is 0 Å². The molecular weight excluding hydrogens is 188 g/mol. The highest BCUT2D eigenvalue weighted by Gasteiger charge is 2.20. The second-order valence-electron chi connectivity index (χ2n) is 2.39. The van der Waals surface area contributed by atoms with Gasteiger partial charge in [-0.25, -0.2) is 17.6 Å². The van der Waals surface area contributed by atoms with Crippen molar-refractivity contribution in [3.63, 3.8) is 0 Å². The molecule has 1 aromatic carbocycles. The van der Waals surface area contributed by atoms with Gasteiger partial charge in [0.2, 0.25) is 0 Å². The molecule has 0 amide bonds. The Morgan fingerprint density at radius 2 is 1.85 bits per heavy atom. The third kappa shape index (κ3) is 1.80. The summed E-state index contributed by atoms with van der Waals surface area (Å²) in [6.07, 6.45) is -3.13. The van der Waals surface area contributed by atoms with Crippen LogP contribution in [0.25, 0.3) is 0 Å². The van der Waals surface area contributed by atoms with Crippen LogP contribution in [-0.4, -0.2) is 5.11 Å². The van der Waals surface area contributed by atoms with Crippen LogP contribution >= 0.6 is 0 Å². The van der Waals surface area contributed by atoms with E-state index < -0.39 is 30.2 Å². The monoisotopic (exact) mass is 194 g/mol. The van der Waals surface area contributed by atoms with Crippen LogP contribution in [0.15, 0.2) is 12.1 Å². The van der Waals surface area contributed by atoms with E-state index in [2.05, 4.69) is 0 Å². The van der Waals surface area contributed by atoms with E-state index in [-0.39, 0.29) is 5.56 Å². The minimum Gasteiger partial charge on any atom is -0.392 e. The van der Waals surface area contributed by atoms with Crippen LogP contribution in [0.3, 0.4) is 0 Å². The van der Waals surface area contributed by atoms with Crippen molar-refractivity contribution in [2.75, 3.05) is 0 Å². The Morgan fingerprint density at radius 3 is 2.31 bits per heavy atom. The van der Waals surface area contributed by atoms with Gasteiger partial charge in [-0.05, 0) is 11.6 Å². The zero-order valence-corrected chi connectivity index (χ0v) is 6.40. The number of rotatable bonds is 2. The van der Waals surface area contributed by atoms with Crippen LogP contribution in [0, 0.1) is 11.6 Å². The number of halogens is 4. The van der Waals surface area contributed by atoms with Gasteiger partial charge in [0, 0.05) is 0 Å². The first-order valence-electron chi connectivity index (χ1n) is 3.43. The SMILES string of the molecule is OCc1ccc(F)c(F)c1C(F)F. The number of aliphatic hydroxyl groups is 1. The normalized spacial score (nSPS) is 10.9. The highest BCUT2D eigenvalue weighted by Crippen LogP contribution is 2.27. The molecule has 0 aliphatic rings. The molecule has 0 atom stereocenters. The predicted molar refractivity (Wildman–Crippen MR) is 37.2 cm³/mol. The van der Waals surface area contributed by atoms with E-state index in [0.29, 0.717) is 6.07 Å². The molecule has 0 radical (unpaired) electrons. The number of hydrogen-bond acceptors (Lipinski definition) is 1. The van der Waals surface area contributed by atoms with Crippen LogP contribution < -0.4 is 0 Å². The van der Waals surface area contributed by atoms with Gasteiger partial charge in [0.15, 0.2) is 11.6 Å². The molecule has 1 N–H and O–H groups in total. The fourth-order valence-corrected chi connectivity index (χ4v) is 0.980. The zero-order valence-electron chi connectivity index (χ0n) is 6.40. The first kappa shape index (κ1) is 9.98. The van der Waals surface area contributed by atoms with Crippen molar-refractivity contribution in [3.8, 4) is 0 Å². The molecule has 72 valence electrons. The van der Waals surface area contributed by atoms with Gasteiger partial charge >= 0.3 is 0 Å². The topological polar surface area (TPSA) is 20.2 Å². The van der Waals surface area contributed by atoms with Gasteiger partial charge in [0.25, 0.3) is 6.43 Å². The average Bonchev–Trinajstić information content (AvgIpc) is 2.08. The summed E-state index contributed by atoms with van der Waals surface area (Å²) >= 11 is 0. The van der Waals surface area contributed by atoms with Crippen molar-refractivity contribution in [3.05, 3.63) is 34.9 Å². The van der Waals surface area contributed by atoms with Crippen LogP contribution in [-0.2, 0) is 6.61 Å². The third-order valence-electron chi connectivity index (χ3n) is 1.61. The van der Waals surface area contributed by atoms with Gasteiger partial charge in [-0.2, -0.15) is 0 Å². The molecule has 0 saturated heterocycles. The minimum absolute atomic E-state index is 0.297. The van der Waals surface area contributed by atoms with E-state index in [9.17, 15) is 17.6 Å². The van der Waals surface area contributed by atoms with Gasteiger partial charge in [-0.1, -0.05) is 6.07 Å². The molecule has 0 aliphatic carbocycles. The molecule has 0 bridgehead atoms. The maximum Gasteiger partial charge on any atom is 0.267 e. The first-order chi connectivity index (χ1) is 6.07. The fraction of sp³-hybridized carbons (Fsp3) is 0.250. The summed E-state index contributed by atoms with van der Waals surface area (Å²) in [7, 11) is 0. The third-order valence-corrected chi connectivity index (χ3v) is 1.61. The molecule has 0 spiro atoms. The van der Waals surface area contributed by atoms with Crippen molar-refractivity contribution in [1.29, 1.82) is 0 Å². The lowest BCUT2D eigenvalue weighted by molar-refractivity contribution is 0.140. The largest absolute Gasteiger partial charge is 0.392 e. The summed E-state index contributed by atoms with van der Waals surface area (Å²) in [5.74, 6) is -2.94. The molecule has 1 aromatic rings. The molecular formula is C8H6F4O. The van der Waals surface area contributed by atoms with Gasteiger partial charge in [0.1, 0.15) is 0 Å². The van der Waals surface area contributed by atoms with Crippen molar-refractivity contribution < 1.29 is 22.7 Å². The lowest BCUT2D eigenvalue weighted by Crippen LogP contribution is -2.01. The molecule has 1 nitrogen and oxygen atoms in total. The molecule has 0 heterocycles. The molecule has 0 fully saturated rings. The standard InChI is InChI=1S/C8H6F4O/c9-5-2-1-4(3-13)6(7(5)10)8(11)12/h1-2,8,13H,3H2. The lowest BCUT2D eigenvalue weighted by Gasteiger charge is -2.07. The average molecular weight is 194 g/mol. The number of aliphatic hydroxyl groups excluding tert-OH is 1. The van der Waals surface area contributed by atoms with E-state index in [1.165, 1.54) is 0 Å². The number of alkyl halides is 2. The van der Waals surface area contributed by atoms with Gasteiger partial charge < -0.3 is 5.11 Å². The predicted octanol–water partition coefficient (Wildman–Crippen LogP) is 2.39. The van der Waals surface area contributed by atoms with Crippen molar-refractivity contribution in [2.24, 2.45) is 0 Å². The fourth-order valence-electron chi connectivity index (χ4n) is 0.980. The second kappa shape index (κ2) is 3.74. The summed E-state index contributed by atoms with van der Waals surface area (Å²) in [5.41, 5.74) is -1.36. The van der Waals surface area contributed by atoms with E-state index in [1.807, 2.05) is 0 Å². The summed E-state index contributed by atoms with van der Waals surface area (Å²) in [6, 6.07) is 1.63. The first-order valence-corrected chi connectivity index (χ1v) is 3.43. The Bertz CT molecular complexity index is 311. The van der Waals surface area contributed by atoms with Crippen molar-refractivity contribution >= 4 is 0 Å². The lowest BCUT2D eigenvalue weighted by atomic mass is 10.1. The van der Waals surface area contributed by atoms with E-state index in [1.54, 1.807) is 0 Å². The molecule has 5 heteroatoms. The Morgan fingerprint density at radius 1 is 1.23 bits per heavy atom. The van der Waals surface area contributed by atoms with Crippen molar-refractivity contribution in [1.82, 2.24) is 0 Å². The summed E-state index contributed by atoms with van der Waals surface area (Å²) < 4.78 is 49.5. The molecule has 0 aliphatic heterocycles. The Kier molecular flexibility index (Phi) is 2.87. The Balaban J connectivity index is 3.32. The van der Waals surface area contributed by atoms with Crippen LogP contribution in [0.5, 0.6) is 0 Å². The molecule has 0 aromatic heterocycles. The molecule has 1 rings (SSSR count). The highest BCUT2D eigenvalue weighted by atomic mass is 19.3. The van der Waals surface area contributed by atoms with Crippen molar-refractivity contribution in [2.45, 2.75) is 13.0 Å². The maximum atomic E-state index is 12.7. The summed E-state index contributed by atoms with van der Waals surface area (Å²) in [4.78, 5) is 0. The number of hydrogen-bond donors (Lipinski definition) is 1. The van der Waals surface area contributed by atoms with Crippen LogP contribution in [0.1, 0.15) is 17.6 Å². The van der Waals surface area contributed by atoms with E-state index in [0.717, 1.165) is 6.07 Å². The zero-order chi connectivity index (χ0) is 10.0. The quantitative estimate of drug-likeness (QED) is 0.716. The van der Waals surface area contributed by atoms with E-state index in [4.69, 9.17) is 5.11 Å². The summed E-state index contributed by atoms with van der Waals surface area (Å²) in [5, 5.41) is 8.56. The molecule has 13 heavy (non-hydrogen) atoms. The van der Waals surface area contributed by atoms with Gasteiger partial charge in [-0.3, -0.25) is 0 Å². The van der Waals surface area contributed by atoms with Gasteiger partial charge in [-0.15, -0.1) is 0 Å². The van der Waals surface area contributed by atoms with Crippen LogP contribution in [0.4, 0.5) is 17.6 Å². The number of benzene rings is 1. The smallest absolute Gasteiger partial charge is 0.267 e. The maximum absolute atomic E-state index is 12.7. The minimum atomic E-state index is -3.13. The Hall–Kier alpha value is -1.10. The molecule has 0 saturated carbocycles. The second-order valence-corrected chi connectivity index (χ2v) is 2.39. The Labute approximate surface area is 71.6 Å².